The summed E-state index contributed by atoms with van der Waals surface area (Å²) >= 11 is 0. The standard InChI is InChI=1S/C14H25NO3/c1-2-18-14(16)11-4-3-5-13(10-11)15-12-6-8-17-9-7-12/h11-13,15H,2-10H2,1H3. The van der Waals surface area contributed by atoms with Gasteiger partial charge in [-0.1, -0.05) is 6.42 Å². The number of hydrogen-bond acceptors (Lipinski definition) is 4. The Balaban J connectivity index is 1.77. The molecule has 4 nitrogen and oxygen atoms in total. The SMILES string of the molecule is CCOC(=O)C1CCCC(NC2CCOCC2)C1. The molecule has 2 unspecified atom stereocenters. The minimum absolute atomic E-state index is 0.00372. The van der Waals surface area contributed by atoms with E-state index in [9.17, 15) is 4.79 Å². The molecule has 104 valence electrons. The molecule has 1 heterocycles. The Labute approximate surface area is 109 Å². The Bertz CT molecular complexity index is 264. The zero-order chi connectivity index (χ0) is 12.8. The summed E-state index contributed by atoms with van der Waals surface area (Å²) in [4.78, 5) is 11.8. The highest BCUT2D eigenvalue weighted by Gasteiger charge is 2.29. The van der Waals surface area contributed by atoms with E-state index < -0.39 is 0 Å². The number of carbonyl (C=O) groups excluding carboxylic acids is 1. The van der Waals surface area contributed by atoms with Gasteiger partial charge >= 0.3 is 5.97 Å². The zero-order valence-corrected chi connectivity index (χ0v) is 11.3. The molecule has 1 aliphatic heterocycles. The molecule has 2 aliphatic rings. The maximum atomic E-state index is 11.8. The summed E-state index contributed by atoms with van der Waals surface area (Å²) in [6.45, 7) is 4.10. The zero-order valence-electron chi connectivity index (χ0n) is 11.3. The van der Waals surface area contributed by atoms with Gasteiger partial charge < -0.3 is 14.8 Å². The van der Waals surface area contributed by atoms with E-state index >= 15 is 0 Å². The molecule has 0 amide bonds. The molecule has 2 fully saturated rings. The van der Waals surface area contributed by atoms with E-state index in [1.165, 1.54) is 6.42 Å². The maximum Gasteiger partial charge on any atom is 0.308 e. The lowest BCUT2D eigenvalue weighted by molar-refractivity contribution is -0.149. The van der Waals surface area contributed by atoms with E-state index in [1.54, 1.807) is 0 Å². The number of ether oxygens (including phenoxy) is 2. The predicted molar refractivity (Wildman–Crippen MR) is 69.4 cm³/mol. The molecule has 1 saturated carbocycles. The van der Waals surface area contributed by atoms with Gasteiger partial charge in [-0.15, -0.1) is 0 Å². The fraction of sp³-hybridized carbons (Fsp3) is 0.929. The monoisotopic (exact) mass is 255 g/mol. The van der Waals surface area contributed by atoms with Crippen molar-refractivity contribution in [1.29, 1.82) is 0 Å². The van der Waals surface area contributed by atoms with Gasteiger partial charge in [0.2, 0.25) is 0 Å². The van der Waals surface area contributed by atoms with Crippen LogP contribution >= 0.6 is 0 Å². The van der Waals surface area contributed by atoms with E-state index in [0.717, 1.165) is 45.3 Å². The second kappa shape index (κ2) is 7.10. The maximum absolute atomic E-state index is 11.8. The molecule has 4 heteroatoms. The molecular formula is C14H25NO3. The normalized spacial score (nSPS) is 30.1. The van der Waals surface area contributed by atoms with Crippen LogP contribution in [-0.2, 0) is 14.3 Å². The largest absolute Gasteiger partial charge is 0.466 e. The van der Waals surface area contributed by atoms with Gasteiger partial charge in [0, 0.05) is 25.3 Å². The van der Waals surface area contributed by atoms with Gasteiger partial charge in [-0.3, -0.25) is 4.79 Å². The summed E-state index contributed by atoms with van der Waals surface area (Å²) < 4.78 is 10.5. The van der Waals surface area contributed by atoms with E-state index in [0.29, 0.717) is 18.7 Å². The number of nitrogens with one attached hydrogen (secondary N) is 1. The van der Waals surface area contributed by atoms with Gasteiger partial charge in [-0.25, -0.2) is 0 Å². The molecule has 0 aromatic heterocycles. The molecule has 18 heavy (non-hydrogen) atoms. The Kier molecular flexibility index (Phi) is 5.45. The third-order valence-electron chi connectivity index (χ3n) is 3.99. The predicted octanol–water partition coefficient (Wildman–Crippen LogP) is 1.88. The molecule has 1 aliphatic carbocycles. The van der Waals surface area contributed by atoms with Crippen molar-refractivity contribution < 1.29 is 14.3 Å². The van der Waals surface area contributed by atoms with Crippen LogP contribution < -0.4 is 5.32 Å². The summed E-state index contributed by atoms with van der Waals surface area (Å²) in [7, 11) is 0. The van der Waals surface area contributed by atoms with Crippen LogP contribution in [-0.4, -0.2) is 37.9 Å². The van der Waals surface area contributed by atoms with Gasteiger partial charge in [-0.05, 0) is 39.0 Å². The number of esters is 1. The van der Waals surface area contributed by atoms with Crippen LogP contribution in [0.4, 0.5) is 0 Å². The second-order valence-electron chi connectivity index (χ2n) is 5.37. The quantitative estimate of drug-likeness (QED) is 0.779. The van der Waals surface area contributed by atoms with Crippen LogP contribution in [0.25, 0.3) is 0 Å². The third kappa shape index (κ3) is 3.95. The highest BCUT2D eigenvalue weighted by molar-refractivity contribution is 5.72. The molecule has 0 aromatic rings. The number of rotatable bonds is 4. The Hall–Kier alpha value is -0.610. The number of carbonyl (C=O) groups is 1. The van der Waals surface area contributed by atoms with Crippen molar-refractivity contribution in [2.75, 3.05) is 19.8 Å². The van der Waals surface area contributed by atoms with Gasteiger partial charge in [-0.2, -0.15) is 0 Å². The van der Waals surface area contributed by atoms with Crippen LogP contribution in [0.3, 0.4) is 0 Å². The van der Waals surface area contributed by atoms with Gasteiger partial charge in [0.25, 0.3) is 0 Å². The first-order valence-corrected chi connectivity index (χ1v) is 7.30. The first kappa shape index (κ1) is 13.8. The van der Waals surface area contributed by atoms with Crippen molar-refractivity contribution in [3.8, 4) is 0 Å². The van der Waals surface area contributed by atoms with Crippen LogP contribution in [0.15, 0.2) is 0 Å². The Morgan fingerprint density at radius 2 is 2.00 bits per heavy atom. The van der Waals surface area contributed by atoms with Crippen molar-refractivity contribution in [1.82, 2.24) is 5.32 Å². The van der Waals surface area contributed by atoms with Crippen molar-refractivity contribution in [2.24, 2.45) is 5.92 Å². The van der Waals surface area contributed by atoms with E-state index in [-0.39, 0.29) is 11.9 Å². The fourth-order valence-electron chi connectivity index (χ4n) is 3.01. The molecule has 0 aromatic carbocycles. The first-order valence-electron chi connectivity index (χ1n) is 7.30. The van der Waals surface area contributed by atoms with E-state index in [1.807, 2.05) is 6.92 Å². The number of hydrogen-bond donors (Lipinski definition) is 1. The summed E-state index contributed by atoms with van der Waals surface area (Å²) in [5.41, 5.74) is 0. The molecule has 1 N–H and O–H groups in total. The van der Waals surface area contributed by atoms with Gasteiger partial charge in [0.15, 0.2) is 0 Å². The van der Waals surface area contributed by atoms with Crippen LogP contribution in [0.5, 0.6) is 0 Å². The molecule has 0 bridgehead atoms. The highest BCUT2D eigenvalue weighted by atomic mass is 16.5. The molecule has 0 radical (unpaired) electrons. The minimum Gasteiger partial charge on any atom is -0.466 e. The van der Waals surface area contributed by atoms with Crippen LogP contribution in [0.1, 0.15) is 45.4 Å². The van der Waals surface area contributed by atoms with Crippen LogP contribution in [0, 0.1) is 5.92 Å². The average molecular weight is 255 g/mol. The van der Waals surface area contributed by atoms with Crippen molar-refractivity contribution in [3.63, 3.8) is 0 Å². The summed E-state index contributed by atoms with van der Waals surface area (Å²) in [6.07, 6.45) is 6.44. The van der Waals surface area contributed by atoms with Crippen molar-refractivity contribution >= 4 is 5.97 Å². The Morgan fingerprint density at radius 1 is 1.22 bits per heavy atom. The molecule has 2 atom stereocenters. The first-order chi connectivity index (χ1) is 8.79. The van der Waals surface area contributed by atoms with Crippen LogP contribution in [0.2, 0.25) is 0 Å². The molecular weight excluding hydrogens is 230 g/mol. The lowest BCUT2D eigenvalue weighted by Gasteiger charge is -2.33. The lowest BCUT2D eigenvalue weighted by Crippen LogP contribution is -2.44. The Morgan fingerprint density at radius 3 is 2.72 bits per heavy atom. The van der Waals surface area contributed by atoms with Crippen molar-refractivity contribution in [3.05, 3.63) is 0 Å². The fourth-order valence-corrected chi connectivity index (χ4v) is 3.01. The summed E-state index contributed by atoms with van der Waals surface area (Å²) in [5.74, 6) is 0.104. The summed E-state index contributed by atoms with van der Waals surface area (Å²) in [6, 6.07) is 1.06. The van der Waals surface area contributed by atoms with Crippen molar-refractivity contribution in [2.45, 2.75) is 57.5 Å². The minimum atomic E-state index is -0.00372. The average Bonchev–Trinajstić information content (AvgIpc) is 2.40. The molecule has 2 rings (SSSR count). The summed E-state index contributed by atoms with van der Waals surface area (Å²) in [5, 5.41) is 3.70. The lowest BCUT2D eigenvalue weighted by atomic mass is 9.85. The third-order valence-corrected chi connectivity index (χ3v) is 3.99. The molecule has 1 saturated heterocycles. The second-order valence-corrected chi connectivity index (χ2v) is 5.37. The highest BCUT2D eigenvalue weighted by Crippen LogP contribution is 2.26. The van der Waals surface area contributed by atoms with E-state index in [4.69, 9.17) is 9.47 Å². The van der Waals surface area contributed by atoms with E-state index in [2.05, 4.69) is 5.32 Å². The van der Waals surface area contributed by atoms with Gasteiger partial charge in [0.1, 0.15) is 0 Å². The topological polar surface area (TPSA) is 47.6 Å². The van der Waals surface area contributed by atoms with Gasteiger partial charge in [0.05, 0.1) is 12.5 Å². The smallest absolute Gasteiger partial charge is 0.308 e. The molecule has 0 spiro atoms.